The van der Waals surface area contributed by atoms with Crippen LogP contribution < -0.4 is 5.32 Å². The second kappa shape index (κ2) is 6.72. The molecule has 2 N–H and O–H groups in total. The first-order valence-corrected chi connectivity index (χ1v) is 11.1. The molecule has 1 saturated carbocycles. The number of carbonyl (C=O) groups is 1. The number of hydrogen-bond acceptors (Lipinski definition) is 5. The standard InChI is InChI=1S/C17H26N4O3S/c22-17(18-10-14-9-16(20-19-14)12-1-2-12)13-3-6-21(7-4-13)15-5-8-25(23,24)11-15/h9,12-13,15H,1-8,10-11H2,(H,18,22)(H,19,20)/t15-/m0/s1. The number of carbonyl (C=O) groups excluding carboxylic acids is 1. The van der Waals surface area contributed by atoms with Crippen molar-refractivity contribution in [2.45, 2.75) is 50.6 Å². The van der Waals surface area contributed by atoms with Crippen LogP contribution in [0.25, 0.3) is 0 Å². The molecule has 0 radical (unpaired) electrons. The maximum atomic E-state index is 12.4. The minimum absolute atomic E-state index is 0.0279. The average molecular weight is 366 g/mol. The van der Waals surface area contributed by atoms with Crippen LogP contribution >= 0.6 is 0 Å². The first-order chi connectivity index (χ1) is 12.0. The highest BCUT2D eigenvalue weighted by molar-refractivity contribution is 7.91. The fourth-order valence-electron chi connectivity index (χ4n) is 3.98. The molecule has 0 aromatic carbocycles. The van der Waals surface area contributed by atoms with Gasteiger partial charge in [0.05, 0.1) is 29.4 Å². The smallest absolute Gasteiger partial charge is 0.223 e. The van der Waals surface area contributed by atoms with Crippen LogP contribution in [-0.4, -0.2) is 60.1 Å². The molecule has 1 aromatic heterocycles. The van der Waals surface area contributed by atoms with Gasteiger partial charge in [0.25, 0.3) is 0 Å². The number of likely N-dealkylation sites (tertiary alicyclic amines) is 1. The van der Waals surface area contributed by atoms with E-state index in [0.29, 0.717) is 18.2 Å². The van der Waals surface area contributed by atoms with Crippen LogP contribution in [0.4, 0.5) is 0 Å². The van der Waals surface area contributed by atoms with Crippen molar-refractivity contribution in [1.29, 1.82) is 0 Å². The van der Waals surface area contributed by atoms with Crippen molar-refractivity contribution in [3.8, 4) is 0 Å². The summed E-state index contributed by atoms with van der Waals surface area (Å²) in [6.07, 6.45) is 4.79. The number of piperidine rings is 1. The fraction of sp³-hybridized carbons (Fsp3) is 0.765. The van der Waals surface area contributed by atoms with Gasteiger partial charge in [-0.15, -0.1) is 0 Å². The summed E-state index contributed by atoms with van der Waals surface area (Å²) in [6, 6.07) is 2.21. The van der Waals surface area contributed by atoms with Crippen molar-refractivity contribution < 1.29 is 13.2 Å². The Kier molecular flexibility index (Phi) is 4.58. The summed E-state index contributed by atoms with van der Waals surface area (Å²) in [5.74, 6) is 1.34. The summed E-state index contributed by atoms with van der Waals surface area (Å²) in [5, 5.41) is 10.3. The second-order valence-corrected chi connectivity index (χ2v) is 9.91. The Morgan fingerprint density at radius 3 is 2.64 bits per heavy atom. The molecular weight excluding hydrogens is 340 g/mol. The van der Waals surface area contributed by atoms with E-state index in [1.807, 2.05) is 0 Å². The van der Waals surface area contributed by atoms with Gasteiger partial charge in [-0.1, -0.05) is 0 Å². The van der Waals surface area contributed by atoms with Gasteiger partial charge in [0, 0.05) is 17.9 Å². The van der Waals surface area contributed by atoms with Crippen LogP contribution in [0.15, 0.2) is 6.07 Å². The molecule has 0 unspecified atom stereocenters. The number of sulfone groups is 1. The molecule has 1 amide bonds. The van der Waals surface area contributed by atoms with E-state index in [0.717, 1.165) is 43.7 Å². The number of nitrogens with one attached hydrogen (secondary N) is 2. The van der Waals surface area contributed by atoms with Gasteiger partial charge in [-0.05, 0) is 51.3 Å². The summed E-state index contributed by atoms with van der Waals surface area (Å²) < 4.78 is 23.2. The van der Waals surface area contributed by atoms with Gasteiger partial charge in [-0.3, -0.25) is 14.8 Å². The van der Waals surface area contributed by atoms with E-state index in [9.17, 15) is 13.2 Å². The molecule has 25 heavy (non-hydrogen) atoms. The summed E-state index contributed by atoms with van der Waals surface area (Å²) in [5.41, 5.74) is 2.08. The van der Waals surface area contributed by atoms with Gasteiger partial charge in [-0.25, -0.2) is 8.42 Å². The van der Waals surface area contributed by atoms with Crippen molar-refractivity contribution in [3.05, 3.63) is 17.5 Å². The quantitative estimate of drug-likeness (QED) is 0.804. The average Bonchev–Trinajstić information content (AvgIpc) is 3.23. The van der Waals surface area contributed by atoms with Crippen LogP contribution in [0.2, 0.25) is 0 Å². The largest absolute Gasteiger partial charge is 0.350 e. The lowest BCUT2D eigenvalue weighted by Crippen LogP contribution is -2.45. The molecule has 8 heteroatoms. The van der Waals surface area contributed by atoms with Gasteiger partial charge in [0.1, 0.15) is 0 Å². The molecule has 0 spiro atoms. The Hall–Kier alpha value is -1.41. The number of amides is 1. The lowest BCUT2D eigenvalue weighted by molar-refractivity contribution is -0.126. The zero-order chi connectivity index (χ0) is 17.4. The van der Waals surface area contributed by atoms with Crippen molar-refractivity contribution in [3.63, 3.8) is 0 Å². The summed E-state index contributed by atoms with van der Waals surface area (Å²) in [7, 11) is -2.84. The third-order valence-corrected chi connectivity index (χ3v) is 7.47. The first kappa shape index (κ1) is 17.0. The van der Waals surface area contributed by atoms with E-state index in [-0.39, 0.29) is 23.6 Å². The van der Waals surface area contributed by atoms with Gasteiger partial charge >= 0.3 is 0 Å². The number of H-pyrrole nitrogens is 1. The zero-order valence-electron chi connectivity index (χ0n) is 14.4. The number of aromatic nitrogens is 2. The van der Waals surface area contributed by atoms with E-state index in [1.165, 1.54) is 12.8 Å². The van der Waals surface area contributed by atoms with Gasteiger partial charge in [-0.2, -0.15) is 5.10 Å². The zero-order valence-corrected chi connectivity index (χ0v) is 15.2. The summed E-state index contributed by atoms with van der Waals surface area (Å²) in [6.45, 7) is 2.13. The van der Waals surface area contributed by atoms with E-state index in [1.54, 1.807) is 0 Å². The maximum Gasteiger partial charge on any atom is 0.223 e. The van der Waals surface area contributed by atoms with Gasteiger partial charge < -0.3 is 5.32 Å². The van der Waals surface area contributed by atoms with E-state index >= 15 is 0 Å². The first-order valence-electron chi connectivity index (χ1n) is 9.26. The summed E-state index contributed by atoms with van der Waals surface area (Å²) >= 11 is 0. The Morgan fingerprint density at radius 1 is 1.24 bits per heavy atom. The molecule has 2 aliphatic heterocycles. The fourth-order valence-corrected chi connectivity index (χ4v) is 5.74. The molecular formula is C17H26N4O3S. The van der Waals surface area contributed by atoms with Gasteiger partial charge in [0.2, 0.25) is 5.91 Å². The van der Waals surface area contributed by atoms with Crippen LogP contribution in [0.1, 0.15) is 49.4 Å². The van der Waals surface area contributed by atoms with Gasteiger partial charge in [0.15, 0.2) is 9.84 Å². The van der Waals surface area contributed by atoms with E-state index in [4.69, 9.17) is 0 Å². The topological polar surface area (TPSA) is 95.2 Å². The summed E-state index contributed by atoms with van der Waals surface area (Å²) in [4.78, 5) is 14.7. The maximum absolute atomic E-state index is 12.4. The molecule has 3 heterocycles. The Labute approximate surface area is 148 Å². The third-order valence-electron chi connectivity index (χ3n) is 5.72. The highest BCUT2D eigenvalue weighted by Gasteiger charge is 2.35. The molecule has 1 aromatic rings. The van der Waals surface area contributed by atoms with E-state index < -0.39 is 9.84 Å². The molecule has 138 valence electrons. The third kappa shape index (κ3) is 4.06. The van der Waals surface area contributed by atoms with Crippen LogP contribution in [-0.2, 0) is 21.2 Å². The van der Waals surface area contributed by atoms with Crippen molar-refractivity contribution in [2.24, 2.45) is 5.92 Å². The van der Waals surface area contributed by atoms with Crippen molar-refractivity contribution in [2.75, 3.05) is 24.6 Å². The monoisotopic (exact) mass is 366 g/mol. The lowest BCUT2D eigenvalue weighted by Gasteiger charge is -2.34. The Morgan fingerprint density at radius 2 is 2.00 bits per heavy atom. The lowest BCUT2D eigenvalue weighted by atomic mass is 9.94. The second-order valence-electron chi connectivity index (χ2n) is 7.68. The molecule has 0 bridgehead atoms. The molecule has 1 atom stereocenters. The predicted molar refractivity (Wildman–Crippen MR) is 93.8 cm³/mol. The SMILES string of the molecule is O=C(NCc1cc(C2CC2)n[nH]1)C1CCN([C@H]2CCS(=O)(=O)C2)CC1. The number of hydrogen-bond donors (Lipinski definition) is 2. The molecule has 1 aliphatic carbocycles. The molecule has 7 nitrogen and oxygen atoms in total. The minimum atomic E-state index is -2.84. The van der Waals surface area contributed by atoms with E-state index in [2.05, 4.69) is 26.5 Å². The Bertz CT molecular complexity index is 733. The van der Waals surface area contributed by atoms with Crippen LogP contribution in [0, 0.1) is 5.92 Å². The normalized spacial score (nSPS) is 27.4. The number of nitrogens with zero attached hydrogens (tertiary/aromatic N) is 2. The van der Waals surface area contributed by atoms with Crippen molar-refractivity contribution >= 4 is 15.7 Å². The van der Waals surface area contributed by atoms with Crippen LogP contribution in [0.5, 0.6) is 0 Å². The Balaban J connectivity index is 1.22. The molecule has 3 fully saturated rings. The number of aromatic amines is 1. The molecule has 4 rings (SSSR count). The predicted octanol–water partition coefficient (Wildman–Crippen LogP) is 0.802. The van der Waals surface area contributed by atoms with Crippen LogP contribution in [0.3, 0.4) is 0 Å². The molecule has 2 saturated heterocycles. The minimum Gasteiger partial charge on any atom is -0.350 e. The number of rotatable bonds is 5. The van der Waals surface area contributed by atoms with Crippen molar-refractivity contribution in [1.82, 2.24) is 20.4 Å². The highest BCUT2D eigenvalue weighted by Crippen LogP contribution is 2.39. The highest BCUT2D eigenvalue weighted by atomic mass is 32.2. The molecule has 3 aliphatic rings.